The summed E-state index contributed by atoms with van der Waals surface area (Å²) in [6, 6.07) is 7.78. The van der Waals surface area contributed by atoms with Crippen LogP contribution in [0.5, 0.6) is 0 Å². The molecular formula is C17H36FN3SiZr. The molecule has 23 heavy (non-hydrogen) atoms. The van der Waals surface area contributed by atoms with Crippen LogP contribution in [0.3, 0.4) is 0 Å². The zero-order valence-corrected chi connectivity index (χ0v) is 19.6. The van der Waals surface area contributed by atoms with Gasteiger partial charge in [-0.3, -0.25) is 0 Å². The van der Waals surface area contributed by atoms with Crippen LogP contribution in [-0.4, -0.2) is 28.0 Å². The monoisotopic (exact) mass is 419 g/mol. The standard InChI is InChI=1S/C5H6FSi.3C4H10N.Zr/c6-7-5-3-1-2-4-5;3*1-3-4(2)5;/h1-4H,7H2;3*4-5H,3H2,1-2H3;/q4*-1;+4. The Morgan fingerprint density at radius 2 is 1.04 bits per heavy atom. The Bertz CT molecular complexity index is 262. The summed E-state index contributed by atoms with van der Waals surface area (Å²) in [5.74, 6) is 0. The molecule has 1 aromatic rings. The van der Waals surface area contributed by atoms with Crippen molar-refractivity contribution < 1.29 is 30.3 Å². The molecule has 0 saturated heterocycles. The van der Waals surface area contributed by atoms with Crippen molar-refractivity contribution in [3.8, 4) is 0 Å². The van der Waals surface area contributed by atoms with Crippen molar-refractivity contribution in [2.75, 3.05) is 0 Å². The maximum absolute atomic E-state index is 11.7. The smallest absolute Gasteiger partial charge is 0.675 e. The molecule has 3 nitrogen and oxygen atoms in total. The number of nitrogens with one attached hydrogen (secondary N) is 3. The Labute approximate surface area is 165 Å². The SMILES string of the molecule is CCC(C)[NH-].CCC(C)[NH-].CCC(C)[NH-].F[SiH2][c-]1cccc1.[Zr+4]. The van der Waals surface area contributed by atoms with E-state index in [2.05, 4.69) is 0 Å². The number of hydrogen-bond acceptors (Lipinski definition) is 0. The molecule has 1 aromatic carbocycles. The molecule has 134 valence electrons. The van der Waals surface area contributed by atoms with Gasteiger partial charge in [-0.25, -0.2) is 12.1 Å². The van der Waals surface area contributed by atoms with E-state index in [0.717, 1.165) is 24.4 Å². The molecule has 0 spiro atoms. The Balaban J connectivity index is -0.000000105. The summed E-state index contributed by atoms with van der Waals surface area (Å²) in [4.78, 5) is 0. The van der Waals surface area contributed by atoms with Crippen LogP contribution in [0.4, 0.5) is 4.11 Å². The van der Waals surface area contributed by atoms with Gasteiger partial charge in [0, 0.05) is 0 Å². The summed E-state index contributed by atoms with van der Waals surface area (Å²) in [5.41, 5.74) is 20.5. The number of hydrogen-bond donors (Lipinski definition) is 0. The first-order valence-electron chi connectivity index (χ1n) is 8.14. The minimum Gasteiger partial charge on any atom is -0.675 e. The maximum Gasteiger partial charge on any atom is 4.00 e. The van der Waals surface area contributed by atoms with E-state index in [0.29, 0.717) is 0 Å². The van der Waals surface area contributed by atoms with Gasteiger partial charge in [0.1, 0.15) is 0 Å². The third-order valence-corrected chi connectivity index (χ3v) is 3.50. The molecule has 3 unspecified atom stereocenters. The summed E-state index contributed by atoms with van der Waals surface area (Å²) < 4.78 is 11.7. The fraction of sp³-hybridized carbons (Fsp3) is 0.706. The second-order valence-corrected chi connectivity index (χ2v) is 6.44. The Morgan fingerprint density at radius 1 is 0.826 bits per heavy atom. The third-order valence-electron chi connectivity index (χ3n) is 2.72. The van der Waals surface area contributed by atoms with Crippen LogP contribution in [0.25, 0.3) is 17.2 Å². The van der Waals surface area contributed by atoms with Crippen molar-refractivity contribution in [3.05, 3.63) is 41.5 Å². The third kappa shape index (κ3) is 39.2. The quantitative estimate of drug-likeness (QED) is 0.346. The molecule has 0 aliphatic heterocycles. The van der Waals surface area contributed by atoms with Gasteiger partial charge in [0.2, 0.25) is 0 Å². The first kappa shape index (κ1) is 31.1. The van der Waals surface area contributed by atoms with E-state index in [1.165, 1.54) is 0 Å². The first-order valence-corrected chi connectivity index (χ1v) is 9.38. The molecule has 0 amide bonds. The van der Waals surface area contributed by atoms with Gasteiger partial charge in [0.25, 0.3) is 0 Å². The van der Waals surface area contributed by atoms with Crippen LogP contribution in [0.1, 0.15) is 60.8 Å². The van der Waals surface area contributed by atoms with Crippen LogP contribution < -0.4 is 5.19 Å². The van der Waals surface area contributed by atoms with Gasteiger partial charge in [0.15, 0.2) is 9.85 Å². The van der Waals surface area contributed by atoms with Gasteiger partial charge < -0.3 is 21.3 Å². The summed E-state index contributed by atoms with van der Waals surface area (Å²) in [6.07, 6.45) is 2.92. The van der Waals surface area contributed by atoms with Crippen LogP contribution in [0, 0.1) is 0 Å². The largest absolute Gasteiger partial charge is 4.00 e. The van der Waals surface area contributed by atoms with Crippen LogP contribution in [0.15, 0.2) is 24.3 Å². The molecule has 1 rings (SSSR count). The molecule has 6 heteroatoms. The molecule has 0 aliphatic carbocycles. The normalized spacial score (nSPS) is 13.1. The molecule has 3 N–H and O–H groups in total. The van der Waals surface area contributed by atoms with Gasteiger partial charge in [-0.05, 0) is 0 Å². The second-order valence-electron chi connectivity index (χ2n) is 5.35. The molecule has 0 aromatic heterocycles. The Morgan fingerprint density at radius 3 is 1.13 bits per heavy atom. The Hall–Kier alpha value is 0.260. The predicted molar refractivity (Wildman–Crippen MR) is 104 cm³/mol. The summed E-state index contributed by atoms with van der Waals surface area (Å²) in [5, 5.41) is 0.903. The molecule has 0 saturated carbocycles. The molecule has 0 fully saturated rings. The topological polar surface area (TPSA) is 71.4 Å². The van der Waals surface area contributed by atoms with E-state index in [4.69, 9.17) is 17.2 Å². The zero-order valence-electron chi connectivity index (χ0n) is 15.7. The average Bonchev–Trinajstić information content (AvgIpc) is 3.02. The van der Waals surface area contributed by atoms with Crippen molar-refractivity contribution in [2.45, 2.75) is 78.9 Å². The van der Waals surface area contributed by atoms with Crippen molar-refractivity contribution in [1.82, 2.24) is 0 Å². The fourth-order valence-corrected chi connectivity index (χ4v) is 0.953. The van der Waals surface area contributed by atoms with Crippen molar-refractivity contribution in [3.63, 3.8) is 0 Å². The molecule has 0 radical (unpaired) electrons. The van der Waals surface area contributed by atoms with Crippen LogP contribution in [0.2, 0.25) is 0 Å². The maximum atomic E-state index is 11.7. The minimum atomic E-state index is -1.37. The summed E-state index contributed by atoms with van der Waals surface area (Å²) >= 11 is 0. The number of halogens is 1. The van der Waals surface area contributed by atoms with Gasteiger partial charge in [-0.15, -0.1) is 23.3 Å². The molecule has 3 atom stereocenters. The van der Waals surface area contributed by atoms with Crippen molar-refractivity contribution in [2.24, 2.45) is 0 Å². The molecule has 0 bridgehead atoms. The van der Waals surface area contributed by atoms with Gasteiger partial charge >= 0.3 is 26.2 Å². The van der Waals surface area contributed by atoms with E-state index in [-0.39, 0.29) is 44.3 Å². The van der Waals surface area contributed by atoms with Gasteiger partial charge in [-0.2, -0.15) is 12.1 Å². The summed E-state index contributed by atoms with van der Waals surface area (Å²) in [7, 11) is -1.37. The first-order chi connectivity index (χ1) is 10.2. The van der Waals surface area contributed by atoms with Gasteiger partial charge in [-0.1, -0.05) is 60.8 Å². The summed E-state index contributed by atoms with van der Waals surface area (Å²) in [6.45, 7) is 11.7. The minimum absolute atomic E-state index is 0. The van der Waals surface area contributed by atoms with E-state index >= 15 is 0 Å². The van der Waals surface area contributed by atoms with E-state index in [1.54, 1.807) is 0 Å². The van der Waals surface area contributed by atoms with Gasteiger partial charge in [0.05, 0.1) is 0 Å². The van der Waals surface area contributed by atoms with Crippen LogP contribution >= 0.6 is 0 Å². The molecular weight excluding hydrogens is 385 g/mol. The predicted octanol–water partition coefficient (Wildman–Crippen LogP) is 5.59. The van der Waals surface area contributed by atoms with Crippen LogP contribution in [-0.2, 0) is 26.2 Å². The van der Waals surface area contributed by atoms with Crippen molar-refractivity contribution in [1.29, 1.82) is 0 Å². The fourth-order valence-electron chi connectivity index (χ4n) is 0.503. The number of rotatable bonds is 4. The van der Waals surface area contributed by atoms with Crippen molar-refractivity contribution >= 4 is 15.0 Å². The second kappa shape index (κ2) is 24.5. The Kier molecular flexibility index (Phi) is 33.1. The average molecular weight is 421 g/mol. The molecule has 0 aliphatic rings. The van der Waals surface area contributed by atoms with E-state index in [9.17, 15) is 4.11 Å². The van der Waals surface area contributed by atoms with E-state index < -0.39 is 9.85 Å². The molecule has 0 heterocycles. The van der Waals surface area contributed by atoms with E-state index in [1.807, 2.05) is 65.8 Å². The zero-order chi connectivity index (χ0) is 18.0.